The standard InChI is InChI=1S/C21H44O5Si/c1-5-9-14-24-27(25-15-10-6-2,26-16-11-7-3)17-13-20(12-8-4)22-18-21-19-23-21/h20-21H,5-19H2,1-4H3. The summed E-state index contributed by atoms with van der Waals surface area (Å²) in [4.78, 5) is 0. The number of unbranched alkanes of at least 4 members (excludes halogenated alkanes) is 3. The van der Waals surface area contributed by atoms with Gasteiger partial charge in [0.25, 0.3) is 0 Å². The molecule has 5 nitrogen and oxygen atoms in total. The van der Waals surface area contributed by atoms with Gasteiger partial charge < -0.3 is 22.8 Å². The molecule has 1 aliphatic rings. The molecule has 1 heterocycles. The third kappa shape index (κ3) is 12.2. The van der Waals surface area contributed by atoms with Gasteiger partial charge in [0.1, 0.15) is 6.10 Å². The Bertz CT molecular complexity index is 312. The molecule has 0 spiro atoms. The van der Waals surface area contributed by atoms with E-state index in [1.807, 2.05) is 0 Å². The van der Waals surface area contributed by atoms with Crippen LogP contribution in [0.3, 0.4) is 0 Å². The molecule has 0 saturated carbocycles. The lowest BCUT2D eigenvalue weighted by atomic mass is 10.1. The molecule has 27 heavy (non-hydrogen) atoms. The van der Waals surface area contributed by atoms with E-state index in [4.69, 9.17) is 22.8 Å². The van der Waals surface area contributed by atoms with Crippen LogP contribution in [-0.4, -0.2) is 54.0 Å². The molecule has 0 N–H and O–H groups in total. The second-order valence-corrected chi connectivity index (χ2v) is 10.3. The molecular weight excluding hydrogens is 360 g/mol. The van der Waals surface area contributed by atoms with Crippen LogP contribution in [0.2, 0.25) is 6.04 Å². The molecule has 2 unspecified atom stereocenters. The topological polar surface area (TPSA) is 49.5 Å². The molecule has 0 aromatic heterocycles. The molecule has 0 aromatic rings. The summed E-state index contributed by atoms with van der Waals surface area (Å²) in [5.41, 5.74) is 0. The Morgan fingerprint density at radius 1 is 0.815 bits per heavy atom. The van der Waals surface area contributed by atoms with Gasteiger partial charge in [-0.05, 0) is 32.1 Å². The van der Waals surface area contributed by atoms with Crippen LogP contribution in [-0.2, 0) is 22.8 Å². The Morgan fingerprint density at radius 2 is 1.33 bits per heavy atom. The van der Waals surface area contributed by atoms with Crippen molar-refractivity contribution in [2.75, 3.05) is 33.0 Å². The lowest BCUT2D eigenvalue weighted by Gasteiger charge is -2.31. The molecule has 0 aromatic carbocycles. The van der Waals surface area contributed by atoms with Crippen molar-refractivity contribution in [3.63, 3.8) is 0 Å². The van der Waals surface area contributed by atoms with Crippen LogP contribution in [0.25, 0.3) is 0 Å². The van der Waals surface area contributed by atoms with Crippen LogP contribution >= 0.6 is 0 Å². The highest BCUT2D eigenvalue weighted by atomic mass is 28.4. The Hall–Kier alpha value is 0.0169. The molecule has 1 saturated heterocycles. The monoisotopic (exact) mass is 404 g/mol. The van der Waals surface area contributed by atoms with E-state index in [9.17, 15) is 0 Å². The molecule has 0 aliphatic carbocycles. The molecule has 2 atom stereocenters. The van der Waals surface area contributed by atoms with Crippen molar-refractivity contribution in [2.24, 2.45) is 0 Å². The number of hydrogen-bond acceptors (Lipinski definition) is 5. The fourth-order valence-corrected chi connectivity index (χ4v) is 5.56. The first-order valence-electron chi connectivity index (χ1n) is 11.3. The van der Waals surface area contributed by atoms with Crippen molar-refractivity contribution in [3.05, 3.63) is 0 Å². The van der Waals surface area contributed by atoms with Gasteiger partial charge in [-0.3, -0.25) is 0 Å². The fourth-order valence-electron chi connectivity index (χ4n) is 2.84. The zero-order valence-electron chi connectivity index (χ0n) is 18.3. The average Bonchev–Trinajstić information content (AvgIpc) is 3.49. The minimum Gasteiger partial charge on any atom is -0.375 e. The predicted molar refractivity (Wildman–Crippen MR) is 112 cm³/mol. The van der Waals surface area contributed by atoms with E-state index in [-0.39, 0.29) is 6.10 Å². The molecular formula is C21H44O5Si. The van der Waals surface area contributed by atoms with Gasteiger partial charge in [0.15, 0.2) is 0 Å². The molecule has 1 fully saturated rings. The Labute approximate surface area is 168 Å². The summed E-state index contributed by atoms with van der Waals surface area (Å²) < 4.78 is 30.4. The highest BCUT2D eigenvalue weighted by Crippen LogP contribution is 2.24. The summed E-state index contributed by atoms with van der Waals surface area (Å²) in [7, 11) is -2.65. The predicted octanol–water partition coefficient (Wildman–Crippen LogP) is 5.35. The van der Waals surface area contributed by atoms with Gasteiger partial charge in [0.2, 0.25) is 0 Å². The van der Waals surface area contributed by atoms with Crippen molar-refractivity contribution < 1.29 is 22.8 Å². The van der Waals surface area contributed by atoms with Crippen LogP contribution in [0.15, 0.2) is 0 Å². The summed E-state index contributed by atoms with van der Waals surface area (Å²) >= 11 is 0. The van der Waals surface area contributed by atoms with E-state index in [1.54, 1.807) is 0 Å². The van der Waals surface area contributed by atoms with Crippen LogP contribution < -0.4 is 0 Å². The van der Waals surface area contributed by atoms with E-state index in [0.29, 0.717) is 12.7 Å². The minimum absolute atomic E-state index is 0.241. The van der Waals surface area contributed by atoms with Gasteiger partial charge in [-0.15, -0.1) is 0 Å². The molecule has 162 valence electrons. The Morgan fingerprint density at radius 3 is 1.74 bits per heavy atom. The molecule has 0 bridgehead atoms. The zero-order valence-corrected chi connectivity index (χ0v) is 19.3. The van der Waals surface area contributed by atoms with Gasteiger partial charge in [-0.25, -0.2) is 0 Å². The van der Waals surface area contributed by atoms with E-state index in [2.05, 4.69) is 27.7 Å². The second-order valence-electron chi connectivity index (χ2n) is 7.53. The van der Waals surface area contributed by atoms with Crippen LogP contribution in [0.4, 0.5) is 0 Å². The van der Waals surface area contributed by atoms with Crippen molar-refractivity contribution in [2.45, 2.75) is 104 Å². The first kappa shape index (κ1) is 25.1. The van der Waals surface area contributed by atoms with Gasteiger partial charge in [-0.1, -0.05) is 53.4 Å². The number of ether oxygens (including phenoxy) is 2. The molecule has 0 radical (unpaired) electrons. The second kappa shape index (κ2) is 15.9. The molecule has 1 rings (SSSR count). The molecule has 6 heteroatoms. The highest BCUT2D eigenvalue weighted by molar-refractivity contribution is 6.60. The minimum atomic E-state index is -2.65. The highest BCUT2D eigenvalue weighted by Gasteiger charge is 2.41. The first-order valence-corrected chi connectivity index (χ1v) is 13.3. The zero-order chi connectivity index (χ0) is 19.8. The van der Waals surface area contributed by atoms with E-state index >= 15 is 0 Å². The first-order chi connectivity index (χ1) is 13.2. The third-order valence-electron chi connectivity index (χ3n) is 4.76. The van der Waals surface area contributed by atoms with Crippen LogP contribution in [0.5, 0.6) is 0 Å². The van der Waals surface area contributed by atoms with E-state index < -0.39 is 8.80 Å². The smallest absolute Gasteiger partial charge is 0.375 e. The number of rotatable bonds is 20. The fraction of sp³-hybridized carbons (Fsp3) is 1.00. The maximum Gasteiger partial charge on any atom is 0.501 e. The number of epoxide rings is 1. The number of hydrogen-bond donors (Lipinski definition) is 0. The van der Waals surface area contributed by atoms with Gasteiger partial charge in [0, 0.05) is 25.9 Å². The quantitative estimate of drug-likeness (QED) is 0.155. The summed E-state index contributed by atoms with van der Waals surface area (Å²) in [6, 6.07) is 0.848. The van der Waals surface area contributed by atoms with Gasteiger partial charge in [-0.2, -0.15) is 0 Å². The Balaban J connectivity index is 2.65. The van der Waals surface area contributed by atoms with Gasteiger partial charge in [0.05, 0.1) is 19.3 Å². The van der Waals surface area contributed by atoms with Crippen LogP contribution in [0.1, 0.15) is 85.5 Å². The molecule has 0 amide bonds. The lowest BCUT2D eigenvalue weighted by Crippen LogP contribution is -2.47. The normalized spacial score (nSPS) is 18.0. The van der Waals surface area contributed by atoms with Gasteiger partial charge >= 0.3 is 8.80 Å². The lowest BCUT2D eigenvalue weighted by molar-refractivity contribution is 0.0220. The summed E-state index contributed by atoms with van der Waals surface area (Å²) in [5.74, 6) is 0. The summed E-state index contributed by atoms with van der Waals surface area (Å²) in [6.45, 7) is 12.5. The maximum atomic E-state index is 6.34. The van der Waals surface area contributed by atoms with E-state index in [0.717, 1.165) is 90.3 Å². The van der Waals surface area contributed by atoms with Crippen molar-refractivity contribution in [3.8, 4) is 0 Å². The summed E-state index contributed by atoms with van der Waals surface area (Å²) in [5, 5.41) is 0. The van der Waals surface area contributed by atoms with E-state index in [1.165, 1.54) is 0 Å². The maximum absolute atomic E-state index is 6.34. The Kier molecular flexibility index (Phi) is 14.7. The largest absolute Gasteiger partial charge is 0.501 e. The third-order valence-corrected chi connectivity index (χ3v) is 7.60. The summed E-state index contributed by atoms with van der Waals surface area (Å²) in [6.07, 6.45) is 10.2. The van der Waals surface area contributed by atoms with Crippen LogP contribution in [0, 0.1) is 0 Å². The molecule has 1 aliphatic heterocycles. The van der Waals surface area contributed by atoms with Crippen molar-refractivity contribution in [1.29, 1.82) is 0 Å². The SMILES string of the molecule is CCCCO[Si](CCC(CCC)OCC1CO1)(OCCCC)OCCCC. The van der Waals surface area contributed by atoms with Crippen molar-refractivity contribution >= 4 is 8.80 Å². The van der Waals surface area contributed by atoms with Crippen molar-refractivity contribution in [1.82, 2.24) is 0 Å². The average molecular weight is 405 g/mol.